The van der Waals surface area contributed by atoms with Gasteiger partial charge in [-0.05, 0) is 47.5 Å². The summed E-state index contributed by atoms with van der Waals surface area (Å²) in [7, 11) is 0. The highest BCUT2D eigenvalue weighted by molar-refractivity contribution is 9.10. The third kappa shape index (κ3) is 1.97. The lowest BCUT2D eigenvalue weighted by Gasteiger charge is -2.07. The average molecular weight is 233 g/mol. The minimum Gasteiger partial charge on any atom is -0.493 e. The summed E-state index contributed by atoms with van der Waals surface area (Å²) >= 11 is 3.12. The normalized spacial score (nSPS) is 10.0. The van der Waals surface area contributed by atoms with Gasteiger partial charge in [0, 0.05) is 0 Å². The lowest BCUT2D eigenvalue weighted by molar-refractivity contribution is 0.335. The minimum absolute atomic E-state index is 0.279. The van der Waals surface area contributed by atoms with E-state index in [0.29, 0.717) is 16.8 Å². The van der Waals surface area contributed by atoms with E-state index >= 15 is 0 Å². The summed E-state index contributed by atoms with van der Waals surface area (Å²) in [6, 6.07) is 3.27. The van der Waals surface area contributed by atoms with E-state index in [4.69, 9.17) is 4.74 Å². The minimum atomic E-state index is -0.279. The third-order valence-corrected chi connectivity index (χ3v) is 2.21. The van der Waals surface area contributed by atoms with Crippen molar-refractivity contribution in [3.8, 4) is 5.75 Å². The number of hydrogen-bond acceptors (Lipinski definition) is 1. The molecule has 66 valence electrons. The molecule has 0 saturated heterocycles. The van der Waals surface area contributed by atoms with Crippen molar-refractivity contribution in [2.24, 2.45) is 0 Å². The average Bonchev–Trinajstić information content (AvgIpc) is 2.00. The molecule has 1 rings (SSSR count). The predicted molar refractivity (Wildman–Crippen MR) is 50.0 cm³/mol. The number of aryl methyl sites for hydroxylation is 1. The Morgan fingerprint density at radius 2 is 2.17 bits per heavy atom. The predicted octanol–water partition coefficient (Wildman–Crippen LogP) is 3.30. The summed E-state index contributed by atoms with van der Waals surface area (Å²) in [5, 5.41) is 0. The van der Waals surface area contributed by atoms with Crippen LogP contribution < -0.4 is 4.74 Å². The molecule has 0 heterocycles. The van der Waals surface area contributed by atoms with Crippen LogP contribution in [-0.2, 0) is 0 Å². The highest BCUT2D eigenvalue weighted by Crippen LogP contribution is 2.28. The number of ether oxygens (including phenoxy) is 1. The van der Waals surface area contributed by atoms with E-state index in [1.807, 2.05) is 13.8 Å². The lowest BCUT2D eigenvalue weighted by atomic mass is 10.2. The Kier molecular flexibility index (Phi) is 3.09. The molecule has 1 aromatic rings. The largest absolute Gasteiger partial charge is 0.493 e. The van der Waals surface area contributed by atoms with E-state index in [1.165, 1.54) is 6.07 Å². The Bertz CT molecular complexity index is 286. The van der Waals surface area contributed by atoms with Crippen molar-refractivity contribution in [1.82, 2.24) is 0 Å². The van der Waals surface area contributed by atoms with Crippen molar-refractivity contribution < 1.29 is 9.13 Å². The van der Waals surface area contributed by atoms with E-state index in [9.17, 15) is 4.39 Å². The van der Waals surface area contributed by atoms with Gasteiger partial charge < -0.3 is 4.74 Å². The second-order valence-electron chi connectivity index (χ2n) is 2.49. The second kappa shape index (κ2) is 3.90. The van der Waals surface area contributed by atoms with Crippen molar-refractivity contribution in [2.75, 3.05) is 6.61 Å². The maximum atomic E-state index is 13.0. The van der Waals surface area contributed by atoms with Gasteiger partial charge in [0.05, 0.1) is 11.1 Å². The molecule has 0 bridgehead atoms. The van der Waals surface area contributed by atoms with Crippen LogP contribution in [0.3, 0.4) is 0 Å². The highest BCUT2D eigenvalue weighted by Gasteiger charge is 2.06. The molecule has 1 aromatic carbocycles. The smallest absolute Gasteiger partial charge is 0.141 e. The first-order chi connectivity index (χ1) is 5.65. The molecule has 12 heavy (non-hydrogen) atoms. The lowest BCUT2D eigenvalue weighted by Crippen LogP contribution is -1.94. The molecule has 0 aliphatic rings. The van der Waals surface area contributed by atoms with Crippen LogP contribution in [0.1, 0.15) is 12.5 Å². The molecule has 0 radical (unpaired) electrons. The third-order valence-electron chi connectivity index (χ3n) is 1.44. The SMILES string of the molecule is CCOc1cc(C)cc(F)c1Br. The summed E-state index contributed by atoms with van der Waals surface area (Å²) in [6.07, 6.45) is 0. The Balaban J connectivity index is 3.09. The first-order valence-corrected chi connectivity index (χ1v) is 4.53. The number of halogens is 2. The van der Waals surface area contributed by atoms with Crippen LogP contribution in [0.2, 0.25) is 0 Å². The molecule has 0 saturated carbocycles. The van der Waals surface area contributed by atoms with E-state index < -0.39 is 0 Å². The summed E-state index contributed by atoms with van der Waals surface area (Å²) in [5.74, 6) is 0.286. The Hall–Kier alpha value is -0.570. The number of hydrogen-bond donors (Lipinski definition) is 0. The van der Waals surface area contributed by atoms with Crippen molar-refractivity contribution in [1.29, 1.82) is 0 Å². The Labute approximate surface area is 79.7 Å². The zero-order chi connectivity index (χ0) is 9.14. The van der Waals surface area contributed by atoms with Crippen LogP contribution in [0.4, 0.5) is 4.39 Å². The monoisotopic (exact) mass is 232 g/mol. The highest BCUT2D eigenvalue weighted by atomic mass is 79.9. The molecule has 0 aliphatic heterocycles. The van der Waals surface area contributed by atoms with E-state index in [0.717, 1.165) is 5.56 Å². The fourth-order valence-corrected chi connectivity index (χ4v) is 1.30. The van der Waals surface area contributed by atoms with Crippen LogP contribution in [0.25, 0.3) is 0 Å². The molecule has 0 fully saturated rings. The van der Waals surface area contributed by atoms with Gasteiger partial charge in [0.1, 0.15) is 11.6 Å². The van der Waals surface area contributed by atoms with E-state index in [2.05, 4.69) is 15.9 Å². The summed E-state index contributed by atoms with van der Waals surface area (Å²) in [4.78, 5) is 0. The van der Waals surface area contributed by atoms with Gasteiger partial charge in [-0.1, -0.05) is 0 Å². The van der Waals surface area contributed by atoms with Gasteiger partial charge in [-0.3, -0.25) is 0 Å². The molecule has 0 N–H and O–H groups in total. The van der Waals surface area contributed by atoms with Crippen LogP contribution in [-0.4, -0.2) is 6.61 Å². The van der Waals surface area contributed by atoms with Gasteiger partial charge in [0.15, 0.2) is 0 Å². The van der Waals surface area contributed by atoms with Gasteiger partial charge in [0.2, 0.25) is 0 Å². The maximum absolute atomic E-state index is 13.0. The van der Waals surface area contributed by atoms with Crippen molar-refractivity contribution >= 4 is 15.9 Å². The number of rotatable bonds is 2. The van der Waals surface area contributed by atoms with Gasteiger partial charge in [-0.2, -0.15) is 0 Å². The maximum Gasteiger partial charge on any atom is 0.141 e. The molecule has 1 nitrogen and oxygen atoms in total. The summed E-state index contributed by atoms with van der Waals surface area (Å²) in [5.41, 5.74) is 0.860. The van der Waals surface area contributed by atoms with Crippen LogP contribution in [0.15, 0.2) is 16.6 Å². The van der Waals surface area contributed by atoms with Gasteiger partial charge in [0.25, 0.3) is 0 Å². The quantitative estimate of drug-likeness (QED) is 0.761. The second-order valence-corrected chi connectivity index (χ2v) is 3.28. The van der Waals surface area contributed by atoms with Crippen molar-refractivity contribution in [2.45, 2.75) is 13.8 Å². The van der Waals surface area contributed by atoms with Gasteiger partial charge in [-0.25, -0.2) is 4.39 Å². The molecular formula is C9H10BrFO. The first kappa shape index (κ1) is 9.52. The molecule has 0 aromatic heterocycles. The Morgan fingerprint density at radius 3 is 2.75 bits per heavy atom. The first-order valence-electron chi connectivity index (χ1n) is 3.73. The van der Waals surface area contributed by atoms with Crippen LogP contribution in [0, 0.1) is 12.7 Å². The van der Waals surface area contributed by atoms with E-state index in [1.54, 1.807) is 6.07 Å². The molecule has 0 amide bonds. The van der Waals surface area contributed by atoms with Crippen molar-refractivity contribution in [3.63, 3.8) is 0 Å². The molecule has 0 atom stereocenters. The van der Waals surface area contributed by atoms with Crippen LogP contribution in [0.5, 0.6) is 5.75 Å². The van der Waals surface area contributed by atoms with Gasteiger partial charge in [-0.15, -0.1) is 0 Å². The van der Waals surface area contributed by atoms with Gasteiger partial charge >= 0.3 is 0 Å². The topological polar surface area (TPSA) is 9.23 Å². The summed E-state index contributed by atoms with van der Waals surface area (Å²) < 4.78 is 18.6. The van der Waals surface area contributed by atoms with Crippen LogP contribution >= 0.6 is 15.9 Å². The summed E-state index contributed by atoms with van der Waals surface area (Å²) in [6.45, 7) is 4.24. The van der Waals surface area contributed by atoms with Crippen molar-refractivity contribution in [3.05, 3.63) is 28.0 Å². The fraction of sp³-hybridized carbons (Fsp3) is 0.333. The Morgan fingerprint density at radius 1 is 1.50 bits per heavy atom. The molecule has 3 heteroatoms. The fourth-order valence-electron chi connectivity index (χ4n) is 0.953. The molecule has 0 unspecified atom stereocenters. The molecule has 0 spiro atoms. The zero-order valence-corrected chi connectivity index (χ0v) is 8.61. The van der Waals surface area contributed by atoms with E-state index in [-0.39, 0.29) is 5.82 Å². The standard InChI is InChI=1S/C9H10BrFO/c1-3-12-8-5-6(2)4-7(11)9(8)10/h4-5H,3H2,1-2H3. The zero-order valence-electron chi connectivity index (χ0n) is 7.03. The number of benzene rings is 1. The molecular weight excluding hydrogens is 223 g/mol. The molecule has 0 aliphatic carbocycles.